The molecule has 0 spiro atoms. The number of nitrogens with one attached hydrogen (secondary N) is 2. The zero-order chi connectivity index (χ0) is 14.4. The van der Waals surface area contributed by atoms with E-state index in [-0.39, 0.29) is 23.2 Å². The average Bonchev–Trinajstić information content (AvgIpc) is 2.36. The summed E-state index contributed by atoms with van der Waals surface area (Å²) in [5, 5.41) is 14.5. The molecule has 3 N–H and O–H groups in total. The van der Waals surface area contributed by atoms with Crippen LogP contribution in [0.5, 0.6) is 5.75 Å². The Bertz CT molecular complexity index is 475. The molecule has 0 saturated carbocycles. The largest absolute Gasteiger partial charge is 0.506 e. The highest BCUT2D eigenvalue weighted by molar-refractivity contribution is 6.32. The molecule has 0 atom stereocenters. The number of rotatable bonds is 5. The summed E-state index contributed by atoms with van der Waals surface area (Å²) in [7, 11) is 0. The second-order valence-corrected chi connectivity index (χ2v) is 4.95. The molecule has 1 aromatic carbocycles. The fourth-order valence-corrected chi connectivity index (χ4v) is 1.47. The minimum absolute atomic E-state index is 0.0899. The van der Waals surface area contributed by atoms with Crippen LogP contribution in [0.25, 0.3) is 0 Å². The van der Waals surface area contributed by atoms with Crippen molar-refractivity contribution in [3.8, 4) is 5.75 Å². The maximum Gasteiger partial charge on any atom is 0.251 e. The monoisotopic (exact) mass is 284 g/mol. The lowest BCUT2D eigenvalue weighted by Crippen LogP contribution is -2.38. The van der Waals surface area contributed by atoms with Crippen LogP contribution in [0.4, 0.5) is 0 Å². The second-order valence-electron chi connectivity index (χ2n) is 4.55. The summed E-state index contributed by atoms with van der Waals surface area (Å²) in [6.07, 6.45) is 0. The van der Waals surface area contributed by atoms with Crippen LogP contribution in [0.3, 0.4) is 0 Å². The molecule has 104 valence electrons. The molecule has 19 heavy (non-hydrogen) atoms. The van der Waals surface area contributed by atoms with Gasteiger partial charge in [-0.3, -0.25) is 9.59 Å². The van der Waals surface area contributed by atoms with E-state index in [1.807, 2.05) is 13.8 Å². The lowest BCUT2D eigenvalue weighted by molar-refractivity contribution is -0.120. The molecule has 2 amide bonds. The number of hydrogen-bond acceptors (Lipinski definition) is 3. The molecule has 1 rings (SSSR count). The normalized spacial score (nSPS) is 10.3. The van der Waals surface area contributed by atoms with Gasteiger partial charge in [-0.05, 0) is 24.1 Å². The van der Waals surface area contributed by atoms with Crippen LogP contribution in [0.1, 0.15) is 24.2 Å². The summed E-state index contributed by atoms with van der Waals surface area (Å²) in [5.74, 6) is -0.392. The molecule has 0 bridgehead atoms. The topological polar surface area (TPSA) is 78.4 Å². The van der Waals surface area contributed by atoms with Crippen molar-refractivity contribution in [1.29, 1.82) is 0 Å². The van der Waals surface area contributed by atoms with E-state index in [4.69, 9.17) is 11.6 Å². The van der Waals surface area contributed by atoms with Gasteiger partial charge in [0, 0.05) is 12.1 Å². The van der Waals surface area contributed by atoms with Crippen molar-refractivity contribution in [2.45, 2.75) is 13.8 Å². The molecule has 0 unspecified atom stereocenters. The first kappa shape index (κ1) is 15.3. The van der Waals surface area contributed by atoms with E-state index in [0.717, 1.165) is 0 Å². The number of amides is 2. The Hall–Kier alpha value is -1.75. The van der Waals surface area contributed by atoms with E-state index in [1.165, 1.54) is 18.2 Å². The van der Waals surface area contributed by atoms with Crippen molar-refractivity contribution in [2.24, 2.45) is 5.92 Å². The van der Waals surface area contributed by atoms with Gasteiger partial charge < -0.3 is 15.7 Å². The zero-order valence-corrected chi connectivity index (χ0v) is 11.6. The van der Waals surface area contributed by atoms with Crippen LogP contribution in [-0.4, -0.2) is 30.0 Å². The fourth-order valence-electron chi connectivity index (χ4n) is 1.29. The van der Waals surface area contributed by atoms with Crippen LogP contribution in [0, 0.1) is 5.92 Å². The number of phenolic OH excluding ortho intramolecular Hbond substituents is 1. The Labute approximate surface area is 117 Å². The van der Waals surface area contributed by atoms with Gasteiger partial charge in [0.05, 0.1) is 11.6 Å². The van der Waals surface area contributed by atoms with Gasteiger partial charge in [0.2, 0.25) is 5.91 Å². The molecule has 0 aliphatic rings. The smallest absolute Gasteiger partial charge is 0.251 e. The van der Waals surface area contributed by atoms with E-state index in [0.29, 0.717) is 18.0 Å². The lowest BCUT2D eigenvalue weighted by Gasteiger charge is -2.09. The highest BCUT2D eigenvalue weighted by atomic mass is 35.5. The molecule has 5 nitrogen and oxygen atoms in total. The maximum atomic E-state index is 11.7. The summed E-state index contributed by atoms with van der Waals surface area (Å²) in [6.45, 7) is 4.44. The van der Waals surface area contributed by atoms with E-state index >= 15 is 0 Å². The first-order valence-corrected chi connectivity index (χ1v) is 6.31. The highest BCUT2D eigenvalue weighted by Crippen LogP contribution is 2.23. The standard InChI is InChI=1S/C13H17ClN2O3/c1-8(2)6-15-12(18)7-16-13(19)9-3-4-11(17)10(14)5-9/h3-5,8,17H,6-7H2,1-2H3,(H,15,18)(H,16,19). The van der Waals surface area contributed by atoms with Crippen molar-refractivity contribution in [1.82, 2.24) is 10.6 Å². The molecular weight excluding hydrogens is 268 g/mol. The molecule has 0 fully saturated rings. The minimum Gasteiger partial charge on any atom is -0.506 e. The fraction of sp³-hybridized carbons (Fsp3) is 0.385. The predicted octanol–water partition coefficient (Wildman–Crippen LogP) is 1.55. The molecule has 0 saturated heterocycles. The van der Waals surface area contributed by atoms with Gasteiger partial charge in [-0.2, -0.15) is 0 Å². The molecular formula is C13H17ClN2O3. The summed E-state index contributed by atoms with van der Waals surface area (Å²) in [5.41, 5.74) is 0.291. The van der Waals surface area contributed by atoms with Gasteiger partial charge in [0.1, 0.15) is 5.75 Å². The van der Waals surface area contributed by atoms with E-state index < -0.39 is 5.91 Å². The summed E-state index contributed by atoms with van der Waals surface area (Å²) < 4.78 is 0. The van der Waals surface area contributed by atoms with Crippen LogP contribution in [-0.2, 0) is 4.79 Å². The molecule has 1 aromatic rings. The predicted molar refractivity (Wildman–Crippen MR) is 73.3 cm³/mol. The van der Waals surface area contributed by atoms with Crippen LogP contribution < -0.4 is 10.6 Å². The molecule has 0 aromatic heterocycles. The number of benzene rings is 1. The zero-order valence-electron chi connectivity index (χ0n) is 10.9. The van der Waals surface area contributed by atoms with Crippen molar-refractivity contribution in [2.75, 3.05) is 13.1 Å². The van der Waals surface area contributed by atoms with E-state index in [9.17, 15) is 14.7 Å². The van der Waals surface area contributed by atoms with Gasteiger partial charge in [-0.1, -0.05) is 25.4 Å². The van der Waals surface area contributed by atoms with Crippen LogP contribution >= 0.6 is 11.6 Å². The van der Waals surface area contributed by atoms with Crippen molar-refractivity contribution in [3.63, 3.8) is 0 Å². The second kappa shape index (κ2) is 6.99. The van der Waals surface area contributed by atoms with Crippen LogP contribution in [0.15, 0.2) is 18.2 Å². The SMILES string of the molecule is CC(C)CNC(=O)CNC(=O)c1ccc(O)c(Cl)c1. The molecule has 0 heterocycles. The van der Waals surface area contributed by atoms with Gasteiger partial charge in [0.15, 0.2) is 0 Å². The van der Waals surface area contributed by atoms with Gasteiger partial charge in [0.25, 0.3) is 5.91 Å². The van der Waals surface area contributed by atoms with Gasteiger partial charge in [-0.15, -0.1) is 0 Å². The number of phenols is 1. The third-order valence-electron chi connectivity index (χ3n) is 2.33. The average molecular weight is 285 g/mol. The van der Waals surface area contributed by atoms with Gasteiger partial charge in [-0.25, -0.2) is 0 Å². The third-order valence-corrected chi connectivity index (χ3v) is 2.63. The number of hydrogen-bond donors (Lipinski definition) is 3. The third kappa shape index (κ3) is 5.18. The van der Waals surface area contributed by atoms with Crippen molar-refractivity contribution in [3.05, 3.63) is 28.8 Å². The molecule has 6 heteroatoms. The van der Waals surface area contributed by atoms with Crippen molar-refractivity contribution >= 4 is 23.4 Å². The number of carbonyl (C=O) groups excluding carboxylic acids is 2. The Morgan fingerprint density at radius 3 is 2.58 bits per heavy atom. The Balaban J connectivity index is 2.47. The van der Waals surface area contributed by atoms with Gasteiger partial charge >= 0.3 is 0 Å². The quantitative estimate of drug-likeness (QED) is 0.767. The molecule has 0 aliphatic carbocycles. The number of aromatic hydroxyl groups is 1. The number of carbonyl (C=O) groups is 2. The first-order chi connectivity index (χ1) is 8.90. The summed E-state index contributed by atoms with van der Waals surface area (Å²) >= 11 is 5.70. The summed E-state index contributed by atoms with van der Waals surface area (Å²) in [6, 6.07) is 4.11. The Morgan fingerprint density at radius 2 is 2.00 bits per heavy atom. The molecule has 0 radical (unpaired) electrons. The Kier molecular flexibility index (Phi) is 5.63. The van der Waals surface area contributed by atoms with E-state index in [1.54, 1.807) is 0 Å². The lowest BCUT2D eigenvalue weighted by atomic mass is 10.2. The summed E-state index contributed by atoms with van der Waals surface area (Å²) in [4.78, 5) is 23.1. The maximum absolute atomic E-state index is 11.7. The minimum atomic E-state index is -0.415. The number of halogens is 1. The highest BCUT2D eigenvalue weighted by Gasteiger charge is 2.10. The van der Waals surface area contributed by atoms with E-state index in [2.05, 4.69) is 10.6 Å². The Morgan fingerprint density at radius 1 is 1.32 bits per heavy atom. The van der Waals surface area contributed by atoms with Crippen molar-refractivity contribution < 1.29 is 14.7 Å². The first-order valence-electron chi connectivity index (χ1n) is 5.93. The van der Waals surface area contributed by atoms with Crippen LogP contribution in [0.2, 0.25) is 5.02 Å². The molecule has 0 aliphatic heterocycles.